The maximum Gasteiger partial charge on any atom is 0.254 e. The van der Waals surface area contributed by atoms with E-state index in [4.69, 9.17) is 11.6 Å². The average Bonchev–Trinajstić information content (AvgIpc) is 2.41. The van der Waals surface area contributed by atoms with Gasteiger partial charge in [0.2, 0.25) is 0 Å². The fourth-order valence-corrected chi connectivity index (χ4v) is 3.26. The minimum atomic E-state index is -0.522. The molecule has 1 N–H and O–H groups in total. The van der Waals surface area contributed by atoms with Crippen LogP contribution in [0.3, 0.4) is 0 Å². The van der Waals surface area contributed by atoms with Crippen LogP contribution in [0, 0.1) is 11.7 Å². The number of carbonyl (C=O) groups is 1. The summed E-state index contributed by atoms with van der Waals surface area (Å²) in [4.78, 5) is 12.3. The molecule has 1 fully saturated rings. The lowest BCUT2D eigenvalue weighted by Gasteiger charge is -2.38. The van der Waals surface area contributed by atoms with Crippen molar-refractivity contribution in [1.29, 1.82) is 0 Å². The molecular weight excluding hydrogens is 345 g/mol. The molecule has 110 valence electrons. The molecule has 0 heterocycles. The number of hydrogen-bond acceptors (Lipinski definition) is 1. The van der Waals surface area contributed by atoms with Crippen molar-refractivity contribution in [1.82, 2.24) is 5.32 Å². The molecule has 1 aliphatic rings. The molecule has 0 atom stereocenters. The Morgan fingerprint density at radius 1 is 1.50 bits per heavy atom. The minimum Gasteiger partial charge on any atom is -0.345 e. The normalized spacial score (nSPS) is 26.3. The third kappa shape index (κ3) is 3.53. The molecule has 0 radical (unpaired) electrons. The van der Waals surface area contributed by atoms with Gasteiger partial charge in [-0.3, -0.25) is 4.79 Å². The van der Waals surface area contributed by atoms with Gasteiger partial charge in [0.1, 0.15) is 5.82 Å². The molecule has 0 bridgehead atoms. The molecule has 20 heavy (non-hydrogen) atoms. The highest BCUT2D eigenvalue weighted by Gasteiger charge is 2.35. The van der Waals surface area contributed by atoms with Gasteiger partial charge in [0.05, 0.1) is 11.1 Å². The molecular formula is C15H18BrClFNO. The van der Waals surface area contributed by atoms with E-state index < -0.39 is 11.4 Å². The van der Waals surface area contributed by atoms with Gasteiger partial charge in [-0.1, -0.05) is 22.9 Å². The molecule has 1 aromatic carbocycles. The molecule has 0 unspecified atom stereocenters. The first kappa shape index (κ1) is 15.8. The molecule has 0 aromatic heterocycles. The van der Waals surface area contributed by atoms with Crippen molar-refractivity contribution in [3.8, 4) is 0 Å². The van der Waals surface area contributed by atoms with Gasteiger partial charge in [-0.15, -0.1) is 11.6 Å². The summed E-state index contributed by atoms with van der Waals surface area (Å²) in [6.45, 7) is 2.20. The first-order valence-corrected chi connectivity index (χ1v) is 8.12. The van der Waals surface area contributed by atoms with Gasteiger partial charge in [0.15, 0.2) is 0 Å². The van der Waals surface area contributed by atoms with E-state index in [1.54, 1.807) is 6.07 Å². The van der Waals surface area contributed by atoms with Gasteiger partial charge in [-0.2, -0.15) is 0 Å². The van der Waals surface area contributed by atoms with E-state index >= 15 is 0 Å². The topological polar surface area (TPSA) is 29.1 Å². The van der Waals surface area contributed by atoms with Gasteiger partial charge >= 0.3 is 0 Å². The summed E-state index contributed by atoms with van der Waals surface area (Å²) in [5, 5.41) is 2.95. The van der Waals surface area contributed by atoms with Gasteiger partial charge in [0, 0.05) is 10.4 Å². The van der Waals surface area contributed by atoms with E-state index in [0.717, 1.165) is 25.7 Å². The van der Waals surface area contributed by atoms with Gasteiger partial charge in [0.25, 0.3) is 5.91 Å². The van der Waals surface area contributed by atoms with Crippen LogP contribution in [0.4, 0.5) is 4.39 Å². The predicted octanol–water partition coefficient (Wildman–Crippen LogP) is 4.51. The fraction of sp³-hybridized carbons (Fsp3) is 0.533. The van der Waals surface area contributed by atoms with Crippen LogP contribution in [-0.4, -0.2) is 17.3 Å². The molecule has 0 aliphatic heterocycles. The van der Waals surface area contributed by atoms with E-state index in [2.05, 4.69) is 28.2 Å². The van der Waals surface area contributed by atoms with E-state index in [0.29, 0.717) is 16.3 Å². The van der Waals surface area contributed by atoms with Crippen LogP contribution < -0.4 is 5.32 Å². The summed E-state index contributed by atoms with van der Waals surface area (Å²) in [7, 11) is 0. The van der Waals surface area contributed by atoms with E-state index in [9.17, 15) is 9.18 Å². The monoisotopic (exact) mass is 361 g/mol. The average molecular weight is 363 g/mol. The van der Waals surface area contributed by atoms with Gasteiger partial charge in [-0.05, 0) is 49.8 Å². The molecule has 1 amide bonds. The van der Waals surface area contributed by atoms with Crippen molar-refractivity contribution in [2.45, 2.75) is 38.1 Å². The SMILES string of the molecule is CC1CCC(CCl)(NC(=O)c2ccc(Br)cc2F)CC1. The number of alkyl halides is 1. The summed E-state index contributed by atoms with van der Waals surface area (Å²) < 4.78 is 14.4. The first-order valence-electron chi connectivity index (χ1n) is 6.79. The highest BCUT2D eigenvalue weighted by atomic mass is 79.9. The van der Waals surface area contributed by atoms with Gasteiger partial charge < -0.3 is 5.32 Å². The molecule has 5 heteroatoms. The van der Waals surface area contributed by atoms with Crippen molar-refractivity contribution >= 4 is 33.4 Å². The molecule has 1 aromatic rings. The van der Waals surface area contributed by atoms with Crippen molar-refractivity contribution in [2.75, 3.05) is 5.88 Å². The molecule has 0 spiro atoms. The van der Waals surface area contributed by atoms with Crippen LogP contribution in [0.25, 0.3) is 0 Å². The molecule has 2 rings (SSSR count). The zero-order valence-corrected chi connectivity index (χ0v) is 13.7. The Hall–Kier alpha value is -0.610. The molecule has 2 nitrogen and oxygen atoms in total. The number of nitrogens with one attached hydrogen (secondary N) is 1. The standard InChI is InChI=1S/C15H18BrClFNO/c1-10-4-6-15(9-17,7-5-10)19-14(20)12-3-2-11(16)8-13(12)18/h2-3,8,10H,4-7,9H2,1H3,(H,19,20). The van der Waals surface area contributed by atoms with E-state index in [1.807, 2.05) is 0 Å². The number of hydrogen-bond donors (Lipinski definition) is 1. The second-order valence-electron chi connectivity index (χ2n) is 5.67. The Balaban J connectivity index is 2.13. The molecule has 1 saturated carbocycles. The van der Waals surface area contributed by atoms with Crippen LogP contribution in [0.2, 0.25) is 0 Å². The van der Waals surface area contributed by atoms with Crippen molar-refractivity contribution in [3.63, 3.8) is 0 Å². The molecule has 1 aliphatic carbocycles. The van der Waals surface area contributed by atoms with Crippen LogP contribution in [0.5, 0.6) is 0 Å². The summed E-state index contributed by atoms with van der Waals surface area (Å²) in [6.07, 6.45) is 3.77. The number of benzene rings is 1. The first-order chi connectivity index (χ1) is 9.46. The fourth-order valence-electron chi connectivity index (χ4n) is 2.59. The van der Waals surface area contributed by atoms with E-state index in [-0.39, 0.29) is 11.5 Å². The second kappa shape index (κ2) is 6.44. The maximum atomic E-state index is 13.8. The van der Waals surface area contributed by atoms with Crippen LogP contribution >= 0.6 is 27.5 Å². The van der Waals surface area contributed by atoms with Crippen LogP contribution in [-0.2, 0) is 0 Å². The predicted molar refractivity (Wildman–Crippen MR) is 82.6 cm³/mol. The number of amides is 1. The largest absolute Gasteiger partial charge is 0.345 e. The summed E-state index contributed by atoms with van der Waals surface area (Å²) in [5.41, 5.74) is -0.332. The van der Waals surface area contributed by atoms with Crippen molar-refractivity contribution < 1.29 is 9.18 Å². The zero-order chi connectivity index (χ0) is 14.8. The maximum absolute atomic E-state index is 13.8. The molecule has 0 saturated heterocycles. The Kier molecular flexibility index (Phi) is 5.08. The van der Waals surface area contributed by atoms with E-state index in [1.165, 1.54) is 12.1 Å². The lowest BCUT2D eigenvalue weighted by Crippen LogP contribution is -2.52. The highest BCUT2D eigenvalue weighted by Crippen LogP contribution is 2.33. The third-order valence-electron chi connectivity index (χ3n) is 4.04. The quantitative estimate of drug-likeness (QED) is 0.788. The van der Waals surface area contributed by atoms with Crippen LogP contribution in [0.1, 0.15) is 43.0 Å². The third-order valence-corrected chi connectivity index (χ3v) is 5.05. The summed E-state index contributed by atoms with van der Waals surface area (Å²) in [6, 6.07) is 4.45. The second-order valence-corrected chi connectivity index (χ2v) is 6.86. The summed E-state index contributed by atoms with van der Waals surface area (Å²) >= 11 is 9.25. The lowest BCUT2D eigenvalue weighted by molar-refractivity contribution is 0.0868. The lowest BCUT2D eigenvalue weighted by atomic mass is 9.78. The summed E-state index contributed by atoms with van der Waals surface area (Å²) in [5.74, 6) is 0.118. The van der Waals surface area contributed by atoms with Crippen molar-refractivity contribution in [3.05, 3.63) is 34.1 Å². The van der Waals surface area contributed by atoms with Crippen molar-refractivity contribution in [2.24, 2.45) is 5.92 Å². The Bertz CT molecular complexity index is 501. The van der Waals surface area contributed by atoms with Crippen LogP contribution in [0.15, 0.2) is 22.7 Å². The Morgan fingerprint density at radius 2 is 2.15 bits per heavy atom. The number of carbonyl (C=O) groups excluding carboxylic acids is 1. The number of rotatable bonds is 3. The smallest absolute Gasteiger partial charge is 0.254 e. The Morgan fingerprint density at radius 3 is 2.70 bits per heavy atom. The highest BCUT2D eigenvalue weighted by molar-refractivity contribution is 9.10. The Labute approximate surface area is 132 Å². The zero-order valence-electron chi connectivity index (χ0n) is 11.4. The van der Waals surface area contributed by atoms with Gasteiger partial charge in [-0.25, -0.2) is 4.39 Å². The number of halogens is 3. The minimum absolute atomic E-state index is 0.0660.